The lowest BCUT2D eigenvalue weighted by Gasteiger charge is -2.15. The van der Waals surface area contributed by atoms with Gasteiger partial charge in [-0.3, -0.25) is 0 Å². The van der Waals surface area contributed by atoms with Gasteiger partial charge in [0.1, 0.15) is 17.1 Å². The van der Waals surface area contributed by atoms with E-state index in [0.717, 1.165) is 3.57 Å². The fraction of sp³-hybridized carbons (Fsp3) is 0.364. The van der Waals surface area contributed by atoms with Crippen LogP contribution >= 0.6 is 22.6 Å². The van der Waals surface area contributed by atoms with Gasteiger partial charge in [-0.15, -0.1) is 0 Å². The molecule has 0 radical (unpaired) electrons. The highest BCUT2D eigenvalue weighted by Gasteiger charge is 2.17. The fourth-order valence-corrected chi connectivity index (χ4v) is 1.93. The molecule has 16 heavy (non-hydrogen) atoms. The SMILES string of the molecule is COc1cc(I)c(OC(C)C)c(C(=O)O)c1. The van der Waals surface area contributed by atoms with Crippen LogP contribution in [0.4, 0.5) is 0 Å². The van der Waals surface area contributed by atoms with Crippen LogP contribution < -0.4 is 9.47 Å². The minimum absolute atomic E-state index is 0.0694. The second-order valence-electron chi connectivity index (χ2n) is 3.46. The number of hydrogen-bond donors (Lipinski definition) is 1. The molecule has 5 heteroatoms. The first kappa shape index (κ1) is 13.1. The molecule has 0 aliphatic carbocycles. The van der Waals surface area contributed by atoms with E-state index in [2.05, 4.69) is 0 Å². The molecular weight excluding hydrogens is 323 g/mol. The zero-order valence-corrected chi connectivity index (χ0v) is 11.4. The molecule has 0 spiro atoms. The average molecular weight is 336 g/mol. The summed E-state index contributed by atoms with van der Waals surface area (Å²) in [5.41, 5.74) is 0.123. The molecule has 0 aliphatic rings. The Kier molecular flexibility index (Phi) is 4.40. The van der Waals surface area contributed by atoms with E-state index >= 15 is 0 Å². The number of hydrogen-bond acceptors (Lipinski definition) is 3. The average Bonchev–Trinajstić information content (AvgIpc) is 2.19. The summed E-state index contributed by atoms with van der Waals surface area (Å²) >= 11 is 2.03. The molecule has 0 fully saturated rings. The largest absolute Gasteiger partial charge is 0.497 e. The summed E-state index contributed by atoms with van der Waals surface area (Å²) in [6.07, 6.45) is -0.0694. The molecule has 1 rings (SSSR count). The molecule has 0 saturated heterocycles. The Labute approximate surface area is 108 Å². The summed E-state index contributed by atoms with van der Waals surface area (Å²) in [5, 5.41) is 9.08. The molecule has 1 aromatic carbocycles. The Morgan fingerprint density at radius 1 is 1.44 bits per heavy atom. The van der Waals surface area contributed by atoms with Gasteiger partial charge in [0.25, 0.3) is 0 Å². The number of rotatable bonds is 4. The predicted octanol–water partition coefficient (Wildman–Crippen LogP) is 2.79. The summed E-state index contributed by atoms with van der Waals surface area (Å²) in [4.78, 5) is 11.1. The van der Waals surface area contributed by atoms with E-state index in [0.29, 0.717) is 11.5 Å². The number of aromatic carboxylic acids is 1. The maximum atomic E-state index is 11.1. The molecule has 1 aromatic rings. The maximum absolute atomic E-state index is 11.1. The number of methoxy groups -OCH3 is 1. The highest BCUT2D eigenvalue weighted by atomic mass is 127. The molecule has 0 amide bonds. The van der Waals surface area contributed by atoms with Gasteiger partial charge in [0.05, 0.1) is 16.8 Å². The van der Waals surface area contributed by atoms with Crippen molar-refractivity contribution < 1.29 is 19.4 Å². The van der Waals surface area contributed by atoms with Crippen molar-refractivity contribution in [3.05, 3.63) is 21.3 Å². The van der Waals surface area contributed by atoms with Crippen LogP contribution in [0.15, 0.2) is 12.1 Å². The Balaban J connectivity index is 3.28. The molecule has 0 atom stereocenters. The zero-order valence-electron chi connectivity index (χ0n) is 9.28. The smallest absolute Gasteiger partial charge is 0.339 e. The van der Waals surface area contributed by atoms with E-state index in [1.54, 1.807) is 6.07 Å². The first-order valence-corrected chi connectivity index (χ1v) is 5.81. The minimum Gasteiger partial charge on any atom is -0.497 e. The maximum Gasteiger partial charge on any atom is 0.339 e. The third-order valence-electron chi connectivity index (χ3n) is 1.84. The summed E-state index contributed by atoms with van der Waals surface area (Å²) in [5.74, 6) is -0.116. The molecule has 88 valence electrons. The van der Waals surface area contributed by atoms with Gasteiger partial charge in [0.2, 0.25) is 0 Å². The number of carboxylic acids is 1. The van der Waals surface area contributed by atoms with Crippen molar-refractivity contribution in [2.75, 3.05) is 7.11 Å². The first-order valence-electron chi connectivity index (χ1n) is 4.73. The van der Waals surface area contributed by atoms with Gasteiger partial charge >= 0.3 is 5.97 Å². The number of halogens is 1. The first-order chi connectivity index (χ1) is 7.45. The summed E-state index contributed by atoms with van der Waals surface area (Å²) in [6, 6.07) is 3.20. The lowest BCUT2D eigenvalue weighted by Crippen LogP contribution is -2.11. The van der Waals surface area contributed by atoms with Crippen molar-refractivity contribution in [2.45, 2.75) is 20.0 Å². The van der Waals surface area contributed by atoms with Crippen LogP contribution in [0.3, 0.4) is 0 Å². The van der Waals surface area contributed by atoms with Crippen molar-refractivity contribution in [1.29, 1.82) is 0 Å². The van der Waals surface area contributed by atoms with Crippen LogP contribution in [0.5, 0.6) is 11.5 Å². The second kappa shape index (κ2) is 5.38. The summed E-state index contributed by atoms with van der Waals surface area (Å²) in [7, 11) is 1.50. The Hall–Kier alpha value is -0.980. The molecule has 0 bridgehead atoms. The van der Waals surface area contributed by atoms with Crippen molar-refractivity contribution in [3.8, 4) is 11.5 Å². The number of carboxylic acid groups (broad SMARTS) is 1. The monoisotopic (exact) mass is 336 g/mol. The normalized spacial score (nSPS) is 10.3. The number of carbonyl (C=O) groups is 1. The van der Waals surface area contributed by atoms with Gasteiger partial charge in [0, 0.05) is 0 Å². The Bertz CT molecular complexity index is 401. The van der Waals surface area contributed by atoms with Crippen LogP contribution in [-0.4, -0.2) is 24.3 Å². The molecule has 0 saturated carbocycles. The van der Waals surface area contributed by atoms with E-state index in [1.807, 2.05) is 36.4 Å². The van der Waals surface area contributed by atoms with Crippen LogP contribution in [0.2, 0.25) is 0 Å². The molecule has 4 nitrogen and oxygen atoms in total. The molecule has 0 aromatic heterocycles. The predicted molar refractivity (Wildman–Crippen MR) is 68.4 cm³/mol. The van der Waals surface area contributed by atoms with Crippen molar-refractivity contribution in [2.24, 2.45) is 0 Å². The third kappa shape index (κ3) is 3.01. The zero-order chi connectivity index (χ0) is 12.3. The Morgan fingerprint density at radius 2 is 2.06 bits per heavy atom. The van der Waals surface area contributed by atoms with E-state index in [1.165, 1.54) is 13.2 Å². The topological polar surface area (TPSA) is 55.8 Å². The van der Waals surface area contributed by atoms with Gasteiger partial charge < -0.3 is 14.6 Å². The van der Waals surface area contributed by atoms with Crippen LogP contribution in [0.25, 0.3) is 0 Å². The van der Waals surface area contributed by atoms with Crippen molar-refractivity contribution in [3.63, 3.8) is 0 Å². The quantitative estimate of drug-likeness (QED) is 0.859. The van der Waals surface area contributed by atoms with Gasteiger partial charge in [-0.25, -0.2) is 4.79 Å². The van der Waals surface area contributed by atoms with E-state index in [-0.39, 0.29) is 11.7 Å². The molecule has 1 N–H and O–H groups in total. The summed E-state index contributed by atoms with van der Waals surface area (Å²) < 4.78 is 11.2. The van der Waals surface area contributed by atoms with E-state index < -0.39 is 5.97 Å². The van der Waals surface area contributed by atoms with Crippen LogP contribution in [0, 0.1) is 3.57 Å². The highest BCUT2D eigenvalue weighted by molar-refractivity contribution is 14.1. The van der Waals surface area contributed by atoms with E-state index in [4.69, 9.17) is 14.6 Å². The highest BCUT2D eigenvalue weighted by Crippen LogP contribution is 2.31. The Morgan fingerprint density at radius 3 is 2.50 bits per heavy atom. The van der Waals surface area contributed by atoms with Crippen molar-refractivity contribution in [1.82, 2.24) is 0 Å². The molecule has 0 aliphatic heterocycles. The second-order valence-corrected chi connectivity index (χ2v) is 4.62. The van der Waals surface area contributed by atoms with Crippen molar-refractivity contribution >= 4 is 28.6 Å². The lowest BCUT2D eigenvalue weighted by molar-refractivity contribution is 0.0690. The number of benzene rings is 1. The van der Waals surface area contributed by atoms with Gasteiger partial charge in [-0.2, -0.15) is 0 Å². The van der Waals surface area contributed by atoms with Gasteiger partial charge in [0.15, 0.2) is 0 Å². The lowest BCUT2D eigenvalue weighted by atomic mass is 10.2. The molecule has 0 heterocycles. The van der Waals surface area contributed by atoms with E-state index in [9.17, 15) is 4.79 Å². The third-order valence-corrected chi connectivity index (χ3v) is 2.64. The number of ether oxygens (including phenoxy) is 2. The molecular formula is C11H13IO4. The minimum atomic E-state index is -1.02. The summed E-state index contributed by atoms with van der Waals surface area (Å²) in [6.45, 7) is 3.71. The fourth-order valence-electron chi connectivity index (χ4n) is 1.20. The standard InChI is InChI=1S/C11H13IO4/c1-6(2)16-10-8(11(13)14)4-7(15-3)5-9(10)12/h4-6H,1-3H3,(H,13,14). The van der Waals surface area contributed by atoms with Gasteiger partial charge in [-0.1, -0.05) is 0 Å². The van der Waals surface area contributed by atoms with Crippen LogP contribution in [0.1, 0.15) is 24.2 Å². The molecule has 0 unspecified atom stereocenters. The van der Waals surface area contributed by atoms with Crippen LogP contribution in [-0.2, 0) is 0 Å². The van der Waals surface area contributed by atoms with Gasteiger partial charge in [-0.05, 0) is 48.6 Å².